The average Bonchev–Trinajstić information content (AvgIpc) is 3.27. The summed E-state index contributed by atoms with van der Waals surface area (Å²) >= 11 is 6.28. The van der Waals surface area contributed by atoms with E-state index >= 15 is 0 Å². The molecule has 15 heteroatoms. The number of sulfone groups is 1. The molecule has 2 aliphatic rings. The Morgan fingerprint density at radius 1 is 1.09 bits per heavy atom. The largest absolute Gasteiger partial charge is 0.391 e. The second kappa shape index (κ2) is 12.2. The van der Waals surface area contributed by atoms with Crippen molar-refractivity contribution in [3.05, 3.63) is 98.3 Å². The number of fused-ring (bicyclic) bond motifs is 2. The first kappa shape index (κ1) is 31.4. The molecule has 2 saturated carbocycles. The van der Waals surface area contributed by atoms with Gasteiger partial charge in [0, 0.05) is 35.5 Å². The third-order valence-electron chi connectivity index (χ3n) is 7.91. The van der Waals surface area contributed by atoms with Crippen LogP contribution < -0.4 is 5.32 Å². The molecule has 5 rings (SSSR count). The molecule has 2 N–H and O–H groups in total. The van der Waals surface area contributed by atoms with E-state index in [9.17, 15) is 41.6 Å². The first-order valence-corrected chi connectivity index (χ1v) is 15.3. The standard InChI is InChI=1S/C29H25ClF3N3O7S/c30-22-8-5-17(28(37)35-20-10-23(31)26(33)24(32)11-20)9-25(22)44(41,42)27-18-3-4-19(27)13-29(38,12-18)15-34-43-14-16-1-6-21(7-2-16)36(39)40/h1-2,5-11,15,18-19,27,38H,3-4,12-14H2,(H,35,37)/b34-15+/t18-,19?,27?,29?/m1/s1. The molecule has 0 radical (unpaired) electrons. The quantitative estimate of drug-likeness (QED) is 0.128. The van der Waals surface area contributed by atoms with Gasteiger partial charge >= 0.3 is 0 Å². The van der Waals surface area contributed by atoms with Crippen molar-refractivity contribution >= 4 is 44.9 Å². The minimum Gasteiger partial charge on any atom is -0.391 e. The Labute approximate surface area is 254 Å². The predicted octanol–water partition coefficient (Wildman–Crippen LogP) is 5.81. The molecule has 0 aliphatic heterocycles. The molecule has 3 aromatic carbocycles. The van der Waals surface area contributed by atoms with E-state index in [2.05, 4.69) is 10.5 Å². The number of rotatable bonds is 9. The average molecular weight is 652 g/mol. The van der Waals surface area contributed by atoms with Gasteiger partial charge in [-0.15, -0.1) is 0 Å². The van der Waals surface area contributed by atoms with Crippen LogP contribution in [0.1, 0.15) is 41.6 Å². The number of carbonyl (C=O) groups is 1. The van der Waals surface area contributed by atoms with Gasteiger partial charge in [-0.2, -0.15) is 0 Å². The van der Waals surface area contributed by atoms with Crippen molar-refractivity contribution < 1.29 is 41.3 Å². The lowest BCUT2D eigenvalue weighted by atomic mass is 9.78. The fraction of sp³-hybridized carbons (Fsp3) is 0.310. The minimum absolute atomic E-state index is 0.00188. The Morgan fingerprint density at radius 2 is 1.70 bits per heavy atom. The van der Waals surface area contributed by atoms with Gasteiger partial charge in [0.25, 0.3) is 11.6 Å². The molecule has 10 nitrogen and oxygen atoms in total. The highest BCUT2D eigenvalue weighted by atomic mass is 35.5. The van der Waals surface area contributed by atoms with E-state index < -0.39 is 60.8 Å². The Hall–Kier alpha value is -4.01. The molecule has 2 aliphatic carbocycles. The summed E-state index contributed by atoms with van der Waals surface area (Å²) in [6.07, 6.45) is 2.45. The molecule has 1 amide bonds. The number of benzene rings is 3. The van der Waals surface area contributed by atoms with Crippen LogP contribution in [0.2, 0.25) is 5.02 Å². The molecule has 0 spiro atoms. The maximum Gasteiger partial charge on any atom is 0.269 e. The van der Waals surface area contributed by atoms with Crippen molar-refractivity contribution in [2.24, 2.45) is 17.0 Å². The lowest BCUT2D eigenvalue weighted by Gasteiger charge is -2.38. The first-order valence-electron chi connectivity index (χ1n) is 13.4. The topological polar surface area (TPSA) is 148 Å². The Balaban J connectivity index is 1.28. The van der Waals surface area contributed by atoms with Crippen LogP contribution in [0, 0.1) is 39.4 Å². The highest BCUT2D eigenvalue weighted by Gasteiger charge is 2.54. The van der Waals surface area contributed by atoms with Crippen molar-refractivity contribution in [2.45, 2.75) is 48.0 Å². The monoisotopic (exact) mass is 651 g/mol. The molecule has 2 fully saturated rings. The molecular weight excluding hydrogens is 627 g/mol. The fourth-order valence-electron chi connectivity index (χ4n) is 5.98. The van der Waals surface area contributed by atoms with Gasteiger partial charge in [0.1, 0.15) is 12.2 Å². The number of hydrogen-bond donors (Lipinski definition) is 2. The molecule has 0 aromatic heterocycles. The van der Waals surface area contributed by atoms with Crippen LogP contribution in [-0.2, 0) is 21.3 Å². The van der Waals surface area contributed by atoms with E-state index in [1.807, 2.05) is 0 Å². The molecule has 0 heterocycles. The summed E-state index contributed by atoms with van der Waals surface area (Å²) in [7, 11) is -4.11. The number of aliphatic hydroxyl groups is 1. The number of amides is 1. The van der Waals surface area contributed by atoms with E-state index in [1.165, 1.54) is 42.6 Å². The number of carbonyl (C=O) groups excluding carboxylic acids is 1. The van der Waals surface area contributed by atoms with Crippen LogP contribution in [0.4, 0.5) is 24.5 Å². The van der Waals surface area contributed by atoms with Crippen LogP contribution in [-0.4, -0.2) is 41.4 Å². The molecular formula is C29H25ClF3N3O7S. The third-order valence-corrected chi connectivity index (χ3v) is 10.8. The summed E-state index contributed by atoms with van der Waals surface area (Å²) in [4.78, 5) is 28.0. The zero-order valence-corrected chi connectivity index (χ0v) is 24.3. The van der Waals surface area contributed by atoms with Gasteiger partial charge in [-0.1, -0.05) is 16.8 Å². The highest BCUT2D eigenvalue weighted by molar-refractivity contribution is 7.92. The molecule has 4 atom stereocenters. The lowest BCUT2D eigenvalue weighted by Crippen LogP contribution is -2.47. The van der Waals surface area contributed by atoms with E-state index in [0.29, 0.717) is 30.5 Å². The number of oxime groups is 1. The van der Waals surface area contributed by atoms with Gasteiger partial charge in [-0.25, -0.2) is 21.6 Å². The maximum atomic E-state index is 13.9. The van der Waals surface area contributed by atoms with Gasteiger partial charge in [-0.3, -0.25) is 14.9 Å². The van der Waals surface area contributed by atoms with Crippen LogP contribution in [0.3, 0.4) is 0 Å². The molecule has 3 unspecified atom stereocenters. The normalized spacial score (nSPS) is 23.1. The SMILES string of the molecule is O=C(Nc1cc(F)c(F)c(F)c1)c1ccc(Cl)c(S(=O)(=O)C2C3CC[C@@H]2CC(O)(/C=N/OCc2ccc([N+](=O)[O-])cc2)C3)c1. The number of hydrogen-bond acceptors (Lipinski definition) is 8. The van der Waals surface area contributed by atoms with Crippen molar-refractivity contribution in [3.8, 4) is 0 Å². The van der Waals surface area contributed by atoms with Crippen molar-refractivity contribution in [1.82, 2.24) is 0 Å². The number of nitro groups is 1. The van der Waals surface area contributed by atoms with Crippen molar-refractivity contribution in [1.29, 1.82) is 0 Å². The number of non-ortho nitro benzene ring substituents is 1. The lowest BCUT2D eigenvalue weighted by molar-refractivity contribution is -0.384. The number of nitrogens with zero attached hydrogens (tertiary/aromatic N) is 2. The summed E-state index contributed by atoms with van der Waals surface area (Å²) in [5.41, 5.74) is -1.40. The second-order valence-corrected chi connectivity index (χ2v) is 13.4. The Morgan fingerprint density at radius 3 is 2.30 bits per heavy atom. The molecule has 2 bridgehead atoms. The molecule has 44 heavy (non-hydrogen) atoms. The van der Waals surface area contributed by atoms with Crippen LogP contribution in [0.5, 0.6) is 0 Å². The molecule has 3 aromatic rings. The zero-order valence-electron chi connectivity index (χ0n) is 22.8. The summed E-state index contributed by atoms with van der Waals surface area (Å²) in [6.45, 7) is 0.00188. The summed E-state index contributed by atoms with van der Waals surface area (Å²) in [5.74, 6) is -6.51. The second-order valence-electron chi connectivity index (χ2n) is 10.9. The maximum absolute atomic E-state index is 13.9. The van der Waals surface area contributed by atoms with Gasteiger partial charge in [0.15, 0.2) is 27.3 Å². The minimum atomic E-state index is -4.11. The Kier molecular flexibility index (Phi) is 8.69. The van der Waals surface area contributed by atoms with Gasteiger partial charge in [0.05, 0.1) is 26.3 Å². The third kappa shape index (κ3) is 6.42. The number of halogens is 4. The van der Waals surface area contributed by atoms with Crippen molar-refractivity contribution in [2.75, 3.05) is 5.32 Å². The van der Waals surface area contributed by atoms with Crippen LogP contribution in [0.25, 0.3) is 0 Å². The van der Waals surface area contributed by atoms with Crippen LogP contribution >= 0.6 is 11.6 Å². The zero-order chi connectivity index (χ0) is 31.8. The van der Waals surface area contributed by atoms with Gasteiger partial charge in [-0.05, 0) is 73.4 Å². The van der Waals surface area contributed by atoms with E-state index in [4.69, 9.17) is 16.4 Å². The summed E-state index contributed by atoms with van der Waals surface area (Å²) < 4.78 is 68.2. The van der Waals surface area contributed by atoms with Crippen molar-refractivity contribution in [3.63, 3.8) is 0 Å². The van der Waals surface area contributed by atoms with E-state index in [-0.39, 0.29) is 46.3 Å². The molecule has 0 saturated heterocycles. The van der Waals surface area contributed by atoms with E-state index in [1.54, 1.807) is 0 Å². The summed E-state index contributed by atoms with van der Waals surface area (Å²) in [5, 5.41) is 27.1. The van der Waals surface area contributed by atoms with Gasteiger partial charge < -0.3 is 15.3 Å². The molecule has 232 valence electrons. The highest BCUT2D eigenvalue weighted by Crippen LogP contribution is 2.51. The number of anilines is 1. The smallest absolute Gasteiger partial charge is 0.269 e. The van der Waals surface area contributed by atoms with Gasteiger partial charge in [0.2, 0.25) is 0 Å². The fourth-order valence-corrected chi connectivity index (χ4v) is 8.83. The Bertz CT molecular complexity index is 1720. The van der Waals surface area contributed by atoms with Crippen LogP contribution in [0.15, 0.2) is 64.6 Å². The number of nitro benzene ring substituents is 1. The first-order chi connectivity index (χ1) is 20.8. The summed E-state index contributed by atoms with van der Waals surface area (Å²) in [6, 6.07) is 10.4. The predicted molar refractivity (Wildman–Crippen MR) is 153 cm³/mol. The number of nitrogens with one attached hydrogen (secondary N) is 1. The van der Waals surface area contributed by atoms with E-state index in [0.717, 1.165) is 6.07 Å².